The molecule has 2 aromatic rings. The number of hydrogen-bond donors (Lipinski definition) is 1. The van der Waals surface area contributed by atoms with Crippen LogP contribution in [0, 0.1) is 13.8 Å². The zero-order chi connectivity index (χ0) is 16.3. The first-order valence-corrected chi connectivity index (χ1v) is 8.51. The first-order chi connectivity index (χ1) is 11.1. The van der Waals surface area contributed by atoms with Crippen LogP contribution in [0.25, 0.3) is 0 Å². The number of nitrogens with one attached hydrogen (secondary N) is 1. The summed E-state index contributed by atoms with van der Waals surface area (Å²) >= 11 is 0. The summed E-state index contributed by atoms with van der Waals surface area (Å²) < 4.78 is 0. The van der Waals surface area contributed by atoms with Crippen molar-refractivity contribution in [2.24, 2.45) is 0 Å². The maximum Gasteiger partial charge on any atom is 0.230 e. The lowest BCUT2D eigenvalue weighted by Gasteiger charge is -2.17. The molecule has 1 fully saturated rings. The predicted octanol–water partition coefficient (Wildman–Crippen LogP) is 4.08. The Bertz CT molecular complexity index is 666. The first-order valence-electron chi connectivity index (χ1n) is 8.51. The molecule has 0 spiro atoms. The molecule has 1 aliphatic rings. The zero-order valence-electron chi connectivity index (χ0n) is 14.1. The molecule has 1 N–H and O–H groups in total. The molecule has 1 aliphatic carbocycles. The predicted molar refractivity (Wildman–Crippen MR) is 94.6 cm³/mol. The van der Waals surface area contributed by atoms with Crippen molar-refractivity contribution in [2.45, 2.75) is 44.9 Å². The number of aryl methyl sites for hydroxylation is 3. The molecule has 1 amide bonds. The molecule has 23 heavy (non-hydrogen) atoms. The van der Waals surface area contributed by atoms with Gasteiger partial charge in [0.05, 0.1) is 5.41 Å². The van der Waals surface area contributed by atoms with E-state index in [1.165, 1.54) is 22.3 Å². The van der Waals surface area contributed by atoms with E-state index in [4.69, 9.17) is 0 Å². The monoisotopic (exact) mass is 307 g/mol. The van der Waals surface area contributed by atoms with E-state index in [1.54, 1.807) is 0 Å². The summed E-state index contributed by atoms with van der Waals surface area (Å²) in [5.41, 5.74) is 4.74. The highest BCUT2D eigenvalue weighted by atomic mass is 16.2. The molecule has 2 heteroatoms. The van der Waals surface area contributed by atoms with Crippen molar-refractivity contribution in [1.29, 1.82) is 0 Å². The fraction of sp³-hybridized carbons (Fsp3) is 0.381. The number of carbonyl (C=O) groups is 1. The van der Waals surface area contributed by atoms with Crippen molar-refractivity contribution in [3.05, 3.63) is 70.8 Å². The minimum absolute atomic E-state index is 0.204. The summed E-state index contributed by atoms with van der Waals surface area (Å²) in [5, 5.41) is 3.15. The van der Waals surface area contributed by atoms with E-state index >= 15 is 0 Å². The first kappa shape index (κ1) is 15.8. The average Bonchev–Trinajstić information content (AvgIpc) is 3.33. The lowest BCUT2D eigenvalue weighted by Crippen LogP contribution is -2.35. The van der Waals surface area contributed by atoms with Crippen molar-refractivity contribution in [2.75, 3.05) is 6.54 Å². The molecule has 120 valence electrons. The lowest BCUT2D eigenvalue weighted by atomic mass is 9.92. The van der Waals surface area contributed by atoms with Gasteiger partial charge >= 0.3 is 0 Å². The molecule has 3 rings (SSSR count). The third kappa shape index (κ3) is 3.64. The molecule has 2 aromatic carbocycles. The van der Waals surface area contributed by atoms with Gasteiger partial charge in [0.15, 0.2) is 0 Å². The Morgan fingerprint density at radius 3 is 2.30 bits per heavy atom. The van der Waals surface area contributed by atoms with Gasteiger partial charge in [-0.25, -0.2) is 0 Å². The van der Waals surface area contributed by atoms with Crippen molar-refractivity contribution >= 4 is 5.91 Å². The Hall–Kier alpha value is -2.09. The summed E-state index contributed by atoms with van der Waals surface area (Å²) in [6.45, 7) is 4.95. The van der Waals surface area contributed by atoms with Crippen LogP contribution in [-0.4, -0.2) is 12.5 Å². The van der Waals surface area contributed by atoms with E-state index in [2.05, 4.69) is 61.6 Å². The molecule has 0 aliphatic heterocycles. The number of rotatable bonds is 6. The maximum absolute atomic E-state index is 12.7. The van der Waals surface area contributed by atoms with E-state index in [0.717, 1.165) is 32.2 Å². The Morgan fingerprint density at radius 2 is 1.70 bits per heavy atom. The third-order valence-corrected chi connectivity index (χ3v) is 4.73. The van der Waals surface area contributed by atoms with Gasteiger partial charge in [-0.2, -0.15) is 0 Å². The number of benzene rings is 2. The van der Waals surface area contributed by atoms with Gasteiger partial charge in [0.25, 0.3) is 0 Å². The Labute approximate surface area is 138 Å². The minimum Gasteiger partial charge on any atom is -0.355 e. The van der Waals surface area contributed by atoms with E-state index < -0.39 is 0 Å². The average molecular weight is 307 g/mol. The molecule has 0 aromatic heterocycles. The normalized spacial score (nSPS) is 15.2. The topological polar surface area (TPSA) is 29.1 Å². The van der Waals surface area contributed by atoms with E-state index in [9.17, 15) is 4.79 Å². The van der Waals surface area contributed by atoms with Crippen LogP contribution in [0.15, 0.2) is 48.5 Å². The minimum atomic E-state index is -0.260. The highest BCUT2D eigenvalue weighted by Gasteiger charge is 2.51. The van der Waals surface area contributed by atoms with Crippen LogP contribution in [0.4, 0.5) is 0 Å². The van der Waals surface area contributed by atoms with E-state index in [-0.39, 0.29) is 11.3 Å². The molecule has 0 atom stereocenters. The van der Waals surface area contributed by atoms with E-state index in [1.807, 2.05) is 6.07 Å². The van der Waals surface area contributed by atoms with Crippen molar-refractivity contribution in [1.82, 2.24) is 5.32 Å². The second-order valence-electron chi connectivity index (χ2n) is 6.80. The quantitative estimate of drug-likeness (QED) is 0.800. The van der Waals surface area contributed by atoms with Crippen LogP contribution >= 0.6 is 0 Å². The van der Waals surface area contributed by atoms with Crippen LogP contribution in [0.1, 0.15) is 41.5 Å². The zero-order valence-corrected chi connectivity index (χ0v) is 14.1. The van der Waals surface area contributed by atoms with Gasteiger partial charge in [-0.1, -0.05) is 59.7 Å². The summed E-state index contributed by atoms with van der Waals surface area (Å²) in [6.07, 6.45) is 3.94. The van der Waals surface area contributed by atoms with Crippen molar-refractivity contribution < 1.29 is 4.79 Å². The summed E-state index contributed by atoms with van der Waals surface area (Å²) in [4.78, 5) is 12.7. The molecular weight excluding hydrogens is 282 g/mol. The second kappa shape index (κ2) is 6.57. The van der Waals surface area contributed by atoms with Crippen LogP contribution in [0.5, 0.6) is 0 Å². The number of hydrogen-bond acceptors (Lipinski definition) is 1. The molecule has 2 nitrogen and oxygen atoms in total. The summed E-state index contributed by atoms with van der Waals surface area (Å²) in [7, 11) is 0. The fourth-order valence-corrected chi connectivity index (χ4v) is 3.33. The Kier molecular flexibility index (Phi) is 4.51. The SMILES string of the molecule is Cc1cc(C)cc(C2(C(=O)NCCCc3ccccc3)CC2)c1. The van der Waals surface area contributed by atoms with Gasteiger partial charge < -0.3 is 5.32 Å². The smallest absolute Gasteiger partial charge is 0.230 e. The number of amides is 1. The number of carbonyl (C=O) groups excluding carboxylic acids is 1. The van der Waals surface area contributed by atoms with Crippen molar-refractivity contribution in [3.63, 3.8) is 0 Å². The standard InChI is InChI=1S/C21H25NO/c1-16-13-17(2)15-19(14-16)21(10-11-21)20(23)22-12-6-9-18-7-4-3-5-8-18/h3-5,7-8,13-15H,6,9-12H2,1-2H3,(H,22,23). The van der Waals surface area contributed by atoms with Crippen LogP contribution in [-0.2, 0) is 16.6 Å². The lowest BCUT2D eigenvalue weighted by molar-refractivity contribution is -0.123. The Morgan fingerprint density at radius 1 is 1.04 bits per heavy atom. The summed E-state index contributed by atoms with van der Waals surface area (Å²) in [5.74, 6) is 0.204. The van der Waals surface area contributed by atoms with Gasteiger partial charge in [-0.15, -0.1) is 0 Å². The highest BCUT2D eigenvalue weighted by molar-refractivity contribution is 5.91. The Balaban J connectivity index is 1.55. The molecule has 0 saturated heterocycles. The van der Waals surface area contributed by atoms with Gasteiger partial charge in [0, 0.05) is 6.54 Å². The van der Waals surface area contributed by atoms with Gasteiger partial charge in [-0.05, 0) is 50.7 Å². The van der Waals surface area contributed by atoms with Gasteiger partial charge in [0.1, 0.15) is 0 Å². The van der Waals surface area contributed by atoms with Crippen LogP contribution in [0.2, 0.25) is 0 Å². The maximum atomic E-state index is 12.7. The van der Waals surface area contributed by atoms with Crippen LogP contribution in [0.3, 0.4) is 0 Å². The highest BCUT2D eigenvalue weighted by Crippen LogP contribution is 2.48. The van der Waals surface area contributed by atoms with Gasteiger partial charge in [-0.3, -0.25) is 4.79 Å². The van der Waals surface area contributed by atoms with Gasteiger partial charge in [0.2, 0.25) is 5.91 Å². The fourth-order valence-electron chi connectivity index (χ4n) is 3.33. The molecule has 0 radical (unpaired) electrons. The van der Waals surface area contributed by atoms with Crippen LogP contribution < -0.4 is 5.32 Å². The second-order valence-corrected chi connectivity index (χ2v) is 6.80. The molecule has 1 saturated carbocycles. The van der Waals surface area contributed by atoms with E-state index in [0.29, 0.717) is 0 Å². The summed E-state index contributed by atoms with van der Waals surface area (Å²) in [6, 6.07) is 16.9. The largest absolute Gasteiger partial charge is 0.355 e. The molecule has 0 unspecified atom stereocenters. The molecular formula is C21H25NO. The third-order valence-electron chi connectivity index (χ3n) is 4.73. The molecule has 0 bridgehead atoms. The molecule has 0 heterocycles. The van der Waals surface area contributed by atoms with Crippen molar-refractivity contribution in [3.8, 4) is 0 Å².